The molecule has 0 bridgehead atoms. The highest BCUT2D eigenvalue weighted by Crippen LogP contribution is 2.45. The second-order valence-electron chi connectivity index (χ2n) is 6.03. The molecule has 25 heavy (non-hydrogen) atoms. The zero-order valence-corrected chi connectivity index (χ0v) is 14.6. The molecular weight excluding hydrogens is 368 g/mol. The largest absolute Gasteiger partial charge is 0.301 e. The van der Waals surface area contributed by atoms with Crippen LogP contribution in [0.15, 0.2) is 30.5 Å². The average molecular weight is 382 g/mol. The summed E-state index contributed by atoms with van der Waals surface area (Å²) in [5.74, 6) is -4.35. The first-order valence-electron chi connectivity index (χ1n) is 7.68. The monoisotopic (exact) mass is 381 g/mol. The Kier molecular flexibility index (Phi) is 5.02. The lowest BCUT2D eigenvalue weighted by molar-refractivity contribution is -0.118. The van der Waals surface area contributed by atoms with Crippen LogP contribution in [0.1, 0.15) is 36.3 Å². The molecule has 1 fully saturated rings. The van der Waals surface area contributed by atoms with Crippen molar-refractivity contribution < 1.29 is 13.6 Å². The highest BCUT2D eigenvalue weighted by Gasteiger charge is 2.45. The highest BCUT2D eigenvalue weighted by molar-refractivity contribution is 7.19. The Hall–Kier alpha value is -2.04. The summed E-state index contributed by atoms with van der Waals surface area (Å²) >= 11 is 6.92. The molecule has 8 heteroatoms. The number of carbonyl (C=O) groups excluding carboxylic acids is 1. The van der Waals surface area contributed by atoms with E-state index in [2.05, 4.69) is 10.3 Å². The van der Waals surface area contributed by atoms with Gasteiger partial charge in [-0.3, -0.25) is 4.79 Å². The molecule has 1 aromatic heterocycles. The lowest BCUT2D eigenvalue weighted by Gasteiger charge is -2.23. The molecule has 0 spiro atoms. The molecule has 1 amide bonds. The quantitative estimate of drug-likeness (QED) is 0.825. The van der Waals surface area contributed by atoms with Gasteiger partial charge >= 0.3 is 0 Å². The van der Waals surface area contributed by atoms with Crippen LogP contribution in [0.5, 0.6) is 0 Å². The first kappa shape index (κ1) is 17.8. The molecule has 1 aliphatic carbocycles. The van der Waals surface area contributed by atoms with Gasteiger partial charge in [0.05, 0.1) is 23.7 Å². The number of halogens is 3. The van der Waals surface area contributed by atoms with E-state index in [1.165, 1.54) is 6.20 Å². The van der Waals surface area contributed by atoms with Crippen molar-refractivity contribution in [2.45, 2.75) is 31.1 Å². The van der Waals surface area contributed by atoms with Crippen LogP contribution >= 0.6 is 22.9 Å². The fourth-order valence-electron chi connectivity index (χ4n) is 3.17. The Morgan fingerprint density at radius 1 is 1.44 bits per heavy atom. The minimum absolute atomic E-state index is 0.221. The molecular formula is C17H14ClF2N3OS. The first-order valence-corrected chi connectivity index (χ1v) is 8.87. The number of hydrogen-bond donors (Lipinski definition) is 1. The Morgan fingerprint density at radius 2 is 2.16 bits per heavy atom. The Labute approximate surface area is 152 Å². The Bertz CT molecular complexity index is 816. The molecule has 1 heterocycles. The zero-order chi connectivity index (χ0) is 18.0. The molecule has 1 N–H and O–H groups in total. The lowest BCUT2D eigenvalue weighted by Crippen LogP contribution is -2.27. The van der Waals surface area contributed by atoms with Crippen LogP contribution in [0.3, 0.4) is 0 Å². The van der Waals surface area contributed by atoms with E-state index in [0.29, 0.717) is 20.6 Å². The molecule has 4 nitrogen and oxygen atoms in total. The average Bonchev–Trinajstić information content (AvgIpc) is 3.13. The summed E-state index contributed by atoms with van der Waals surface area (Å²) in [7, 11) is 0. The minimum Gasteiger partial charge on any atom is -0.301 e. The number of aromatic nitrogens is 1. The smallest absolute Gasteiger partial charge is 0.248 e. The predicted molar refractivity (Wildman–Crippen MR) is 91.9 cm³/mol. The third kappa shape index (κ3) is 4.14. The number of alkyl halides is 2. The predicted octanol–water partition coefficient (Wildman–Crippen LogP) is 4.83. The van der Waals surface area contributed by atoms with E-state index in [-0.39, 0.29) is 19.3 Å². The summed E-state index contributed by atoms with van der Waals surface area (Å²) in [4.78, 5) is 16.8. The number of rotatable bonds is 4. The normalized spacial score (nSPS) is 20.0. The maximum Gasteiger partial charge on any atom is 0.248 e. The van der Waals surface area contributed by atoms with E-state index >= 15 is 0 Å². The first-order chi connectivity index (χ1) is 11.9. The summed E-state index contributed by atoms with van der Waals surface area (Å²) < 4.78 is 27.8. The van der Waals surface area contributed by atoms with E-state index < -0.39 is 23.7 Å². The topological polar surface area (TPSA) is 65.8 Å². The summed E-state index contributed by atoms with van der Waals surface area (Å²) in [5.41, 5.74) is 1.06. The van der Waals surface area contributed by atoms with Gasteiger partial charge < -0.3 is 5.32 Å². The SMILES string of the molecule is N#Cc1ccc(C(C(=O)Nc2ncc(Cl)s2)C2CCC(F)(F)C2)cc1. The van der Waals surface area contributed by atoms with Crippen LogP contribution in [0.2, 0.25) is 4.34 Å². The number of nitriles is 1. The lowest BCUT2D eigenvalue weighted by atomic mass is 9.83. The number of thiazole rings is 1. The number of benzene rings is 1. The third-order valence-corrected chi connectivity index (χ3v) is 5.33. The van der Waals surface area contributed by atoms with Crippen LogP contribution < -0.4 is 5.32 Å². The third-order valence-electron chi connectivity index (χ3n) is 4.30. The zero-order valence-electron chi connectivity index (χ0n) is 13.0. The summed E-state index contributed by atoms with van der Waals surface area (Å²) in [6.07, 6.45) is 1.14. The minimum atomic E-state index is -2.75. The number of anilines is 1. The van der Waals surface area contributed by atoms with Crippen molar-refractivity contribution in [1.82, 2.24) is 4.98 Å². The second-order valence-corrected chi connectivity index (χ2v) is 7.69. The molecule has 2 unspecified atom stereocenters. The van der Waals surface area contributed by atoms with Crippen molar-refractivity contribution >= 4 is 34.0 Å². The van der Waals surface area contributed by atoms with Gasteiger partial charge in [0.15, 0.2) is 5.13 Å². The van der Waals surface area contributed by atoms with Crippen LogP contribution in [0, 0.1) is 17.2 Å². The van der Waals surface area contributed by atoms with E-state index in [1.54, 1.807) is 24.3 Å². The van der Waals surface area contributed by atoms with Gasteiger partial charge in [0.1, 0.15) is 4.34 Å². The van der Waals surface area contributed by atoms with Crippen molar-refractivity contribution in [3.8, 4) is 6.07 Å². The molecule has 0 radical (unpaired) electrons. The standard InChI is InChI=1S/C17H14ClF2N3OS/c18-13-9-22-16(25-13)23-15(24)14(12-5-6-17(19,20)7-12)11-3-1-10(8-21)2-4-11/h1-4,9,12,14H,5-7H2,(H,22,23,24). The summed E-state index contributed by atoms with van der Waals surface area (Å²) in [6, 6.07) is 8.47. The van der Waals surface area contributed by atoms with Gasteiger partial charge in [-0.2, -0.15) is 5.26 Å². The second kappa shape index (κ2) is 7.06. The maximum absolute atomic E-state index is 13.7. The van der Waals surface area contributed by atoms with Crippen molar-refractivity contribution in [1.29, 1.82) is 5.26 Å². The van der Waals surface area contributed by atoms with Gasteiger partial charge in [-0.1, -0.05) is 35.1 Å². The van der Waals surface area contributed by atoms with E-state index in [0.717, 1.165) is 11.3 Å². The molecule has 1 aromatic carbocycles. The van der Waals surface area contributed by atoms with Gasteiger partial charge in [0.2, 0.25) is 11.8 Å². The van der Waals surface area contributed by atoms with Gasteiger partial charge in [-0.15, -0.1) is 0 Å². The molecule has 2 aromatic rings. The van der Waals surface area contributed by atoms with Gasteiger partial charge in [0.25, 0.3) is 0 Å². The molecule has 1 aliphatic rings. The molecule has 1 saturated carbocycles. The van der Waals surface area contributed by atoms with E-state index in [4.69, 9.17) is 16.9 Å². The fraction of sp³-hybridized carbons (Fsp3) is 0.353. The number of carbonyl (C=O) groups is 1. The van der Waals surface area contributed by atoms with Crippen molar-refractivity contribution in [3.63, 3.8) is 0 Å². The molecule has 3 rings (SSSR count). The van der Waals surface area contributed by atoms with Crippen molar-refractivity contribution in [2.75, 3.05) is 5.32 Å². The summed E-state index contributed by atoms with van der Waals surface area (Å²) in [6.45, 7) is 0. The Balaban J connectivity index is 1.88. The Morgan fingerprint density at radius 3 is 2.68 bits per heavy atom. The van der Waals surface area contributed by atoms with Gasteiger partial charge in [-0.05, 0) is 30.0 Å². The van der Waals surface area contributed by atoms with Crippen LogP contribution in [0.4, 0.5) is 13.9 Å². The van der Waals surface area contributed by atoms with Crippen LogP contribution in [-0.2, 0) is 4.79 Å². The number of hydrogen-bond acceptors (Lipinski definition) is 4. The van der Waals surface area contributed by atoms with Crippen molar-refractivity contribution in [2.24, 2.45) is 5.92 Å². The van der Waals surface area contributed by atoms with E-state index in [1.807, 2.05) is 6.07 Å². The molecule has 130 valence electrons. The van der Waals surface area contributed by atoms with E-state index in [9.17, 15) is 13.6 Å². The highest BCUT2D eigenvalue weighted by atomic mass is 35.5. The van der Waals surface area contributed by atoms with Crippen LogP contribution in [-0.4, -0.2) is 16.8 Å². The van der Waals surface area contributed by atoms with Gasteiger partial charge in [0, 0.05) is 12.8 Å². The summed E-state index contributed by atoms with van der Waals surface area (Å²) in [5, 5.41) is 11.9. The van der Waals surface area contributed by atoms with Crippen LogP contribution in [0.25, 0.3) is 0 Å². The number of amides is 1. The van der Waals surface area contributed by atoms with Gasteiger partial charge in [-0.25, -0.2) is 13.8 Å². The molecule has 2 atom stereocenters. The number of nitrogens with one attached hydrogen (secondary N) is 1. The molecule has 0 aliphatic heterocycles. The van der Waals surface area contributed by atoms with Crippen molar-refractivity contribution in [3.05, 3.63) is 45.9 Å². The molecule has 0 saturated heterocycles. The number of nitrogens with zero attached hydrogens (tertiary/aromatic N) is 2. The fourth-order valence-corrected chi connectivity index (χ4v) is 3.98. The maximum atomic E-state index is 13.7.